The minimum atomic E-state index is 0.778. The smallest absolute Gasteiger partial charge is 0.119 e. The maximum absolute atomic E-state index is 6.06. The van der Waals surface area contributed by atoms with Gasteiger partial charge in [0.05, 0.1) is 12.1 Å². The Morgan fingerprint density at radius 2 is 1.93 bits per heavy atom. The number of hydrogen-bond donors (Lipinski definition) is 1. The molecule has 0 bridgehead atoms. The summed E-state index contributed by atoms with van der Waals surface area (Å²) < 4.78 is 6.06. The van der Waals surface area contributed by atoms with Crippen LogP contribution in [0.3, 0.4) is 0 Å². The first kappa shape index (κ1) is 17.5. The van der Waals surface area contributed by atoms with E-state index in [1.807, 2.05) is 12.4 Å². The van der Waals surface area contributed by atoms with Gasteiger partial charge in [-0.15, -0.1) is 0 Å². The molecule has 1 fully saturated rings. The summed E-state index contributed by atoms with van der Waals surface area (Å²) in [6.45, 7) is 6.54. The molecule has 2 aromatic heterocycles. The first-order valence-electron chi connectivity index (χ1n) is 10.4. The predicted molar refractivity (Wildman–Crippen MR) is 116 cm³/mol. The molecule has 0 unspecified atom stereocenters. The van der Waals surface area contributed by atoms with E-state index in [4.69, 9.17) is 4.74 Å². The highest BCUT2D eigenvalue weighted by atomic mass is 16.5. The van der Waals surface area contributed by atoms with Crippen LogP contribution in [0.15, 0.2) is 42.7 Å². The van der Waals surface area contributed by atoms with Gasteiger partial charge in [-0.2, -0.15) is 0 Å². The van der Waals surface area contributed by atoms with Crippen LogP contribution in [0.25, 0.3) is 32.6 Å². The molecule has 0 spiro atoms. The molecule has 144 valence electrons. The third-order valence-electron chi connectivity index (χ3n) is 5.99. The number of aromatic amines is 1. The molecule has 1 saturated heterocycles. The van der Waals surface area contributed by atoms with E-state index in [2.05, 4.69) is 52.1 Å². The second-order valence-corrected chi connectivity index (χ2v) is 7.98. The van der Waals surface area contributed by atoms with Crippen LogP contribution >= 0.6 is 0 Å². The van der Waals surface area contributed by atoms with Gasteiger partial charge in [0.15, 0.2) is 0 Å². The second kappa shape index (κ2) is 7.44. The zero-order valence-electron chi connectivity index (χ0n) is 16.5. The number of ether oxygens (including phenoxy) is 1. The number of benzene rings is 2. The molecule has 4 aromatic rings. The van der Waals surface area contributed by atoms with Crippen molar-refractivity contribution in [2.24, 2.45) is 0 Å². The first-order chi connectivity index (χ1) is 13.8. The van der Waals surface area contributed by atoms with E-state index in [9.17, 15) is 0 Å². The normalized spacial score (nSPS) is 15.6. The Hall–Kier alpha value is -2.59. The van der Waals surface area contributed by atoms with Crippen LogP contribution in [-0.2, 0) is 0 Å². The van der Waals surface area contributed by atoms with Gasteiger partial charge in [-0.05, 0) is 79.9 Å². The molecule has 0 aliphatic carbocycles. The zero-order valence-corrected chi connectivity index (χ0v) is 16.5. The van der Waals surface area contributed by atoms with Crippen molar-refractivity contribution in [2.75, 3.05) is 26.2 Å². The van der Waals surface area contributed by atoms with Crippen LogP contribution in [0.5, 0.6) is 5.75 Å². The van der Waals surface area contributed by atoms with Crippen molar-refractivity contribution in [3.05, 3.63) is 48.3 Å². The lowest BCUT2D eigenvalue weighted by Crippen LogP contribution is -2.31. The van der Waals surface area contributed by atoms with Crippen LogP contribution in [-0.4, -0.2) is 41.1 Å². The van der Waals surface area contributed by atoms with Crippen LogP contribution < -0.4 is 4.74 Å². The van der Waals surface area contributed by atoms with Crippen molar-refractivity contribution in [3.63, 3.8) is 0 Å². The summed E-state index contributed by atoms with van der Waals surface area (Å²) in [4.78, 5) is 10.5. The van der Waals surface area contributed by atoms with Crippen LogP contribution in [0.4, 0.5) is 0 Å². The second-order valence-electron chi connectivity index (χ2n) is 7.98. The molecule has 5 rings (SSSR count). The van der Waals surface area contributed by atoms with E-state index >= 15 is 0 Å². The molecule has 1 N–H and O–H groups in total. The number of piperidine rings is 1. The summed E-state index contributed by atoms with van der Waals surface area (Å²) in [5.41, 5.74) is 3.51. The number of pyridine rings is 1. The molecule has 1 aliphatic rings. The Kier molecular flexibility index (Phi) is 4.65. The molecule has 4 heteroatoms. The first-order valence-corrected chi connectivity index (χ1v) is 10.4. The molecule has 0 radical (unpaired) electrons. The van der Waals surface area contributed by atoms with Crippen molar-refractivity contribution in [1.82, 2.24) is 14.9 Å². The van der Waals surface area contributed by atoms with Gasteiger partial charge in [-0.3, -0.25) is 4.98 Å². The summed E-state index contributed by atoms with van der Waals surface area (Å²) in [6.07, 6.45) is 9.06. The number of fused-ring (bicyclic) bond motifs is 5. The van der Waals surface area contributed by atoms with Gasteiger partial charge >= 0.3 is 0 Å². The van der Waals surface area contributed by atoms with Gasteiger partial charge < -0.3 is 14.6 Å². The number of nitrogens with zero attached hydrogens (tertiary/aromatic N) is 2. The molecule has 28 heavy (non-hydrogen) atoms. The lowest BCUT2D eigenvalue weighted by molar-refractivity contribution is 0.205. The summed E-state index contributed by atoms with van der Waals surface area (Å²) in [6, 6.07) is 10.8. The summed E-state index contributed by atoms with van der Waals surface area (Å²) in [5, 5.41) is 4.90. The molecule has 0 atom stereocenters. The van der Waals surface area contributed by atoms with E-state index in [1.54, 1.807) is 0 Å². The number of hydrogen-bond acceptors (Lipinski definition) is 3. The molecular weight excluding hydrogens is 346 g/mol. The molecular formula is C24H27N3O. The Balaban J connectivity index is 1.36. The van der Waals surface area contributed by atoms with Crippen LogP contribution in [0.2, 0.25) is 0 Å². The van der Waals surface area contributed by atoms with E-state index in [-0.39, 0.29) is 0 Å². The lowest BCUT2D eigenvalue weighted by Gasteiger charge is -2.26. The zero-order chi connectivity index (χ0) is 18.9. The maximum atomic E-state index is 6.06. The van der Waals surface area contributed by atoms with Gasteiger partial charge in [-0.25, -0.2) is 0 Å². The largest absolute Gasteiger partial charge is 0.494 e. The molecule has 2 aromatic carbocycles. The number of rotatable bonds is 5. The minimum Gasteiger partial charge on any atom is -0.494 e. The summed E-state index contributed by atoms with van der Waals surface area (Å²) in [5.74, 6) is 0.958. The summed E-state index contributed by atoms with van der Waals surface area (Å²) >= 11 is 0. The number of aryl methyl sites for hydroxylation is 1. The third kappa shape index (κ3) is 3.22. The highest BCUT2D eigenvalue weighted by molar-refractivity contribution is 6.20. The predicted octanol–water partition coefficient (Wildman–Crippen LogP) is 5.43. The molecule has 0 amide bonds. The number of nitrogens with one attached hydrogen (secondary N) is 1. The molecule has 3 heterocycles. The van der Waals surface area contributed by atoms with Crippen molar-refractivity contribution >= 4 is 32.6 Å². The Morgan fingerprint density at radius 1 is 1.04 bits per heavy atom. The van der Waals surface area contributed by atoms with Crippen molar-refractivity contribution < 1.29 is 4.74 Å². The SMILES string of the molecule is Cc1cncc2c1[nH]c1ccc3cc(OCCCN4CCCCC4)ccc3c12. The average molecular weight is 374 g/mol. The monoisotopic (exact) mass is 373 g/mol. The van der Waals surface area contributed by atoms with Gasteiger partial charge in [0.1, 0.15) is 5.75 Å². The van der Waals surface area contributed by atoms with E-state index in [1.165, 1.54) is 65.0 Å². The molecule has 4 nitrogen and oxygen atoms in total. The maximum Gasteiger partial charge on any atom is 0.119 e. The fourth-order valence-corrected chi connectivity index (χ4v) is 4.51. The topological polar surface area (TPSA) is 41.1 Å². The Morgan fingerprint density at radius 3 is 2.82 bits per heavy atom. The molecule has 0 saturated carbocycles. The van der Waals surface area contributed by atoms with Crippen molar-refractivity contribution in [3.8, 4) is 5.75 Å². The minimum absolute atomic E-state index is 0.778. The van der Waals surface area contributed by atoms with Gasteiger partial charge in [-0.1, -0.05) is 12.5 Å². The fourth-order valence-electron chi connectivity index (χ4n) is 4.51. The lowest BCUT2D eigenvalue weighted by atomic mass is 10.0. The summed E-state index contributed by atoms with van der Waals surface area (Å²) in [7, 11) is 0. The number of likely N-dealkylation sites (tertiary alicyclic amines) is 1. The van der Waals surface area contributed by atoms with Crippen LogP contribution in [0, 0.1) is 6.92 Å². The highest BCUT2D eigenvalue weighted by Gasteiger charge is 2.11. The van der Waals surface area contributed by atoms with Crippen LogP contribution in [0.1, 0.15) is 31.2 Å². The quantitative estimate of drug-likeness (QED) is 0.474. The Labute approximate surface area is 165 Å². The average Bonchev–Trinajstić information content (AvgIpc) is 3.12. The van der Waals surface area contributed by atoms with E-state index < -0.39 is 0 Å². The highest BCUT2D eigenvalue weighted by Crippen LogP contribution is 2.34. The van der Waals surface area contributed by atoms with Gasteiger partial charge in [0, 0.05) is 35.2 Å². The van der Waals surface area contributed by atoms with Crippen molar-refractivity contribution in [1.29, 1.82) is 0 Å². The fraction of sp³-hybridized carbons (Fsp3) is 0.375. The number of H-pyrrole nitrogens is 1. The van der Waals surface area contributed by atoms with Crippen molar-refractivity contribution in [2.45, 2.75) is 32.6 Å². The number of aromatic nitrogens is 2. The molecule has 1 aliphatic heterocycles. The van der Waals surface area contributed by atoms with Gasteiger partial charge in [0.25, 0.3) is 0 Å². The van der Waals surface area contributed by atoms with E-state index in [0.717, 1.165) is 30.8 Å². The van der Waals surface area contributed by atoms with Gasteiger partial charge in [0.2, 0.25) is 0 Å². The Bertz CT molecular complexity index is 1130. The third-order valence-corrected chi connectivity index (χ3v) is 5.99. The standard InChI is InChI=1S/C24H27N3O/c1-17-15-25-16-21-23-20-8-7-19(14-18(20)6-9-22(23)26-24(17)21)28-13-5-12-27-10-3-2-4-11-27/h6-9,14-16,26H,2-5,10-13H2,1H3. The van der Waals surface area contributed by atoms with E-state index in [0.29, 0.717) is 0 Å².